The van der Waals surface area contributed by atoms with Crippen LogP contribution in [0.1, 0.15) is 59.8 Å². The van der Waals surface area contributed by atoms with Crippen LogP contribution in [0.4, 0.5) is 0 Å². The van der Waals surface area contributed by atoms with Gasteiger partial charge in [-0.25, -0.2) is 0 Å². The Bertz CT molecular complexity index is 237. The molecule has 0 aromatic heterocycles. The van der Waals surface area contributed by atoms with E-state index in [1.54, 1.807) is 0 Å². The smallest absolute Gasteiger partial charge is 0.0121 e. The van der Waals surface area contributed by atoms with Crippen LogP contribution < -0.4 is 0 Å². The summed E-state index contributed by atoms with van der Waals surface area (Å²) < 4.78 is 0. The van der Waals surface area contributed by atoms with Gasteiger partial charge in [-0.3, -0.25) is 4.90 Å². The van der Waals surface area contributed by atoms with E-state index in [1.165, 1.54) is 71.4 Å². The van der Waals surface area contributed by atoms with Gasteiger partial charge in [0.1, 0.15) is 0 Å². The molecule has 0 radical (unpaired) electrons. The molecule has 0 N–H and O–H groups in total. The monoisotopic (exact) mass is 297 g/mol. The van der Waals surface area contributed by atoms with Crippen molar-refractivity contribution in [1.82, 2.24) is 14.7 Å². The van der Waals surface area contributed by atoms with Gasteiger partial charge in [-0.2, -0.15) is 0 Å². The molecule has 0 aromatic carbocycles. The fourth-order valence-electron chi connectivity index (χ4n) is 3.31. The third-order valence-electron chi connectivity index (χ3n) is 4.99. The zero-order valence-electron chi connectivity index (χ0n) is 15.3. The number of hydrogen-bond acceptors (Lipinski definition) is 3. The molecule has 2 aliphatic heterocycles. The standard InChI is InChI=1S/C13H27N3.C5H12/c1-12(2)15-6-4-13(5-7-15)16-10-8-14(3)9-11-16;1-3-5-4-2/h12-13H,4-11H2,1-3H3;3-5H2,1-2H3. The maximum absolute atomic E-state index is 2.72. The van der Waals surface area contributed by atoms with E-state index in [4.69, 9.17) is 0 Å². The Morgan fingerprint density at radius 2 is 1.38 bits per heavy atom. The van der Waals surface area contributed by atoms with Crippen LogP contribution in [0.3, 0.4) is 0 Å². The lowest BCUT2D eigenvalue weighted by Crippen LogP contribution is -2.53. The minimum Gasteiger partial charge on any atom is -0.304 e. The summed E-state index contributed by atoms with van der Waals surface area (Å²) in [6, 6.07) is 1.59. The average Bonchev–Trinajstić information content (AvgIpc) is 2.49. The van der Waals surface area contributed by atoms with Crippen molar-refractivity contribution >= 4 is 0 Å². The van der Waals surface area contributed by atoms with Crippen molar-refractivity contribution in [2.45, 2.75) is 71.9 Å². The predicted molar refractivity (Wildman–Crippen MR) is 94.0 cm³/mol. The molecule has 21 heavy (non-hydrogen) atoms. The highest BCUT2D eigenvalue weighted by molar-refractivity contribution is 4.83. The van der Waals surface area contributed by atoms with E-state index in [0.29, 0.717) is 0 Å². The van der Waals surface area contributed by atoms with Crippen LogP contribution in [0.25, 0.3) is 0 Å². The first-order chi connectivity index (χ1) is 10.1. The predicted octanol–water partition coefficient (Wildman–Crippen LogP) is 3.30. The third-order valence-corrected chi connectivity index (χ3v) is 4.99. The number of hydrogen-bond donors (Lipinski definition) is 0. The van der Waals surface area contributed by atoms with Crippen molar-refractivity contribution in [3.63, 3.8) is 0 Å². The molecule has 2 fully saturated rings. The first kappa shape index (κ1) is 18.9. The van der Waals surface area contributed by atoms with Gasteiger partial charge in [0.2, 0.25) is 0 Å². The van der Waals surface area contributed by atoms with Gasteiger partial charge < -0.3 is 9.80 Å². The van der Waals surface area contributed by atoms with E-state index in [-0.39, 0.29) is 0 Å². The second-order valence-corrected chi connectivity index (χ2v) is 7.05. The Kier molecular flexibility index (Phi) is 9.54. The molecule has 2 saturated heterocycles. The lowest BCUT2D eigenvalue weighted by atomic mass is 10.0. The molecule has 0 bridgehead atoms. The zero-order chi connectivity index (χ0) is 15.7. The number of nitrogens with zero attached hydrogens (tertiary/aromatic N) is 3. The molecular weight excluding hydrogens is 258 g/mol. The summed E-state index contributed by atoms with van der Waals surface area (Å²) in [7, 11) is 2.23. The van der Waals surface area contributed by atoms with Gasteiger partial charge in [-0.15, -0.1) is 0 Å². The van der Waals surface area contributed by atoms with E-state index >= 15 is 0 Å². The normalized spacial score (nSPS) is 23.1. The lowest BCUT2D eigenvalue weighted by molar-refractivity contribution is 0.0592. The van der Waals surface area contributed by atoms with Gasteiger partial charge in [0.25, 0.3) is 0 Å². The fraction of sp³-hybridized carbons (Fsp3) is 1.00. The van der Waals surface area contributed by atoms with Gasteiger partial charge in [-0.05, 0) is 46.8 Å². The molecule has 126 valence electrons. The quantitative estimate of drug-likeness (QED) is 0.788. The minimum atomic E-state index is 0.730. The van der Waals surface area contributed by atoms with Gasteiger partial charge in [0.15, 0.2) is 0 Å². The molecule has 0 saturated carbocycles. The van der Waals surface area contributed by atoms with Crippen molar-refractivity contribution in [3.8, 4) is 0 Å². The number of likely N-dealkylation sites (tertiary alicyclic amines) is 1. The first-order valence-electron chi connectivity index (χ1n) is 9.25. The molecule has 0 atom stereocenters. The summed E-state index contributed by atoms with van der Waals surface area (Å²) >= 11 is 0. The number of piperidine rings is 1. The number of piperazine rings is 1. The largest absolute Gasteiger partial charge is 0.304 e. The SMILES string of the molecule is CC(C)N1CCC(N2CCN(C)CC2)CC1.CCCCC. The highest BCUT2D eigenvalue weighted by atomic mass is 15.3. The van der Waals surface area contributed by atoms with E-state index in [2.05, 4.69) is 49.4 Å². The van der Waals surface area contributed by atoms with Crippen molar-refractivity contribution in [2.75, 3.05) is 46.3 Å². The second-order valence-electron chi connectivity index (χ2n) is 7.05. The second kappa shape index (κ2) is 10.6. The van der Waals surface area contributed by atoms with Crippen LogP contribution in [-0.4, -0.2) is 73.1 Å². The molecule has 2 heterocycles. The Morgan fingerprint density at radius 1 is 0.857 bits per heavy atom. The molecule has 0 amide bonds. The Balaban J connectivity index is 0.000000383. The number of rotatable bonds is 4. The highest BCUT2D eigenvalue weighted by Crippen LogP contribution is 2.19. The van der Waals surface area contributed by atoms with Gasteiger partial charge >= 0.3 is 0 Å². The molecule has 2 rings (SSSR count). The molecule has 0 spiro atoms. The van der Waals surface area contributed by atoms with E-state index in [1.807, 2.05) is 0 Å². The molecule has 0 unspecified atom stereocenters. The highest BCUT2D eigenvalue weighted by Gasteiger charge is 2.27. The van der Waals surface area contributed by atoms with Crippen molar-refractivity contribution in [2.24, 2.45) is 0 Å². The van der Waals surface area contributed by atoms with E-state index < -0.39 is 0 Å². The average molecular weight is 298 g/mol. The van der Waals surface area contributed by atoms with Gasteiger partial charge in [0.05, 0.1) is 0 Å². The maximum Gasteiger partial charge on any atom is 0.0121 e. The van der Waals surface area contributed by atoms with Crippen LogP contribution in [0, 0.1) is 0 Å². The summed E-state index contributed by atoms with van der Waals surface area (Å²) in [5, 5.41) is 0. The first-order valence-corrected chi connectivity index (χ1v) is 9.25. The molecule has 2 aliphatic rings. The Labute approximate surface area is 133 Å². The summed E-state index contributed by atoms with van der Waals surface area (Å²) in [4.78, 5) is 7.78. The van der Waals surface area contributed by atoms with Crippen LogP contribution in [-0.2, 0) is 0 Å². The Morgan fingerprint density at radius 3 is 1.76 bits per heavy atom. The molecule has 0 aliphatic carbocycles. The number of likely N-dealkylation sites (N-methyl/N-ethyl adjacent to an activating group) is 1. The topological polar surface area (TPSA) is 9.72 Å². The maximum atomic E-state index is 2.72. The van der Waals surface area contributed by atoms with Crippen LogP contribution in [0.5, 0.6) is 0 Å². The van der Waals surface area contributed by atoms with E-state index in [9.17, 15) is 0 Å². The van der Waals surface area contributed by atoms with Crippen molar-refractivity contribution in [3.05, 3.63) is 0 Å². The number of unbranched alkanes of at least 4 members (excludes halogenated alkanes) is 2. The van der Waals surface area contributed by atoms with Gasteiger partial charge in [0, 0.05) is 38.3 Å². The van der Waals surface area contributed by atoms with E-state index in [0.717, 1.165) is 12.1 Å². The molecule has 3 heteroatoms. The minimum absolute atomic E-state index is 0.730. The third kappa shape index (κ3) is 7.12. The van der Waals surface area contributed by atoms with Gasteiger partial charge in [-0.1, -0.05) is 33.1 Å². The van der Waals surface area contributed by atoms with Crippen molar-refractivity contribution in [1.29, 1.82) is 0 Å². The zero-order valence-corrected chi connectivity index (χ0v) is 15.3. The van der Waals surface area contributed by atoms with Crippen LogP contribution in [0.15, 0.2) is 0 Å². The summed E-state index contributed by atoms with van der Waals surface area (Å²) in [5.41, 5.74) is 0. The lowest BCUT2D eigenvalue weighted by Gasteiger charge is -2.43. The summed E-state index contributed by atoms with van der Waals surface area (Å²) in [6.45, 7) is 16.7. The van der Waals surface area contributed by atoms with Crippen molar-refractivity contribution < 1.29 is 0 Å². The summed E-state index contributed by atoms with van der Waals surface area (Å²) in [6.07, 6.45) is 6.83. The summed E-state index contributed by atoms with van der Waals surface area (Å²) in [5.74, 6) is 0. The molecule has 3 nitrogen and oxygen atoms in total. The Hall–Kier alpha value is -0.120. The fourth-order valence-corrected chi connectivity index (χ4v) is 3.31. The van der Waals surface area contributed by atoms with Crippen LogP contribution in [0.2, 0.25) is 0 Å². The molecule has 0 aromatic rings. The van der Waals surface area contributed by atoms with Crippen LogP contribution >= 0.6 is 0 Å². The molecular formula is C18H39N3.